The SMILES string of the molecule is CC#CN(C(c1ccccc1)c1cc(Br)ccc1N)S(=O)C(C)(C)C. The summed E-state index contributed by atoms with van der Waals surface area (Å²) in [6, 6.07) is 18.4. The molecule has 0 saturated carbocycles. The topological polar surface area (TPSA) is 46.3 Å². The molecule has 0 aliphatic carbocycles. The molecule has 2 aromatic carbocycles. The van der Waals surface area contributed by atoms with E-state index < -0.39 is 15.7 Å². The van der Waals surface area contributed by atoms with E-state index in [9.17, 15) is 4.21 Å². The maximum Gasteiger partial charge on any atom is 0.133 e. The fraction of sp³-hybridized carbons (Fsp3) is 0.300. The van der Waals surface area contributed by atoms with Gasteiger partial charge in [-0.1, -0.05) is 52.2 Å². The van der Waals surface area contributed by atoms with E-state index in [-0.39, 0.29) is 6.04 Å². The van der Waals surface area contributed by atoms with Crippen LogP contribution in [-0.2, 0) is 11.0 Å². The summed E-state index contributed by atoms with van der Waals surface area (Å²) < 4.78 is 15.4. The van der Waals surface area contributed by atoms with E-state index in [0.717, 1.165) is 15.6 Å². The Bertz CT molecular complexity index is 819. The average Bonchev–Trinajstić information content (AvgIpc) is 2.57. The molecule has 2 aromatic rings. The van der Waals surface area contributed by atoms with Crippen molar-refractivity contribution in [1.82, 2.24) is 4.31 Å². The molecule has 0 spiro atoms. The molecule has 0 bridgehead atoms. The summed E-state index contributed by atoms with van der Waals surface area (Å²) in [7, 11) is -1.33. The first-order chi connectivity index (χ1) is 11.8. The minimum Gasteiger partial charge on any atom is -0.398 e. The Kier molecular flexibility index (Phi) is 6.31. The van der Waals surface area contributed by atoms with Crippen LogP contribution in [0.25, 0.3) is 0 Å². The lowest BCUT2D eigenvalue weighted by Gasteiger charge is -2.33. The van der Waals surface area contributed by atoms with E-state index in [2.05, 4.69) is 27.9 Å². The van der Waals surface area contributed by atoms with Crippen LogP contribution in [0.4, 0.5) is 5.69 Å². The lowest BCUT2D eigenvalue weighted by atomic mass is 9.97. The molecule has 0 aliphatic rings. The predicted octanol–water partition coefficient (Wildman–Crippen LogP) is 4.87. The Morgan fingerprint density at radius 1 is 1.16 bits per heavy atom. The summed E-state index contributed by atoms with van der Waals surface area (Å²) in [5.41, 5.74) is 8.79. The number of hydrogen-bond donors (Lipinski definition) is 1. The van der Waals surface area contributed by atoms with Gasteiger partial charge in [-0.15, -0.1) is 0 Å². The highest BCUT2D eigenvalue weighted by Gasteiger charge is 2.33. The van der Waals surface area contributed by atoms with Gasteiger partial charge in [0, 0.05) is 21.8 Å². The molecule has 0 fully saturated rings. The number of benzene rings is 2. The number of hydrogen-bond acceptors (Lipinski definition) is 2. The van der Waals surface area contributed by atoms with Gasteiger partial charge in [0.2, 0.25) is 0 Å². The second kappa shape index (κ2) is 8.07. The Labute approximate surface area is 161 Å². The van der Waals surface area contributed by atoms with E-state index in [1.165, 1.54) is 0 Å². The molecule has 3 nitrogen and oxygen atoms in total. The first-order valence-corrected chi connectivity index (χ1v) is 9.89. The van der Waals surface area contributed by atoms with Crippen molar-refractivity contribution >= 4 is 32.6 Å². The molecule has 0 amide bonds. The number of nitrogens with two attached hydrogens (primary N) is 1. The van der Waals surface area contributed by atoms with Gasteiger partial charge in [-0.2, -0.15) is 0 Å². The largest absolute Gasteiger partial charge is 0.398 e. The number of halogens is 1. The smallest absolute Gasteiger partial charge is 0.133 e. The standard InChI is InChI=1S/C20H23BrN2OS/c1-5-13-23(25(24)20(2,3)4)19(15-9-7-6-8-10-15)17-14-16(21)11-12-18(17)22/h6-12,14,19H,22H2,1-4H3. The lowest BCUT2D eigenvalue weighted by Crippen LogP contribution is -2.37. The Morgan fingerprint density at radius 2 is 1.80 bits per heavy atom. The van der Waals surface area contributed by atoms with Crippen LogP contribution in [0, 0.1) is 12.0 Å². The fourth-order valence-corrected chi connectivity index (χ4v) is 4.04. The quantitative estimate of drug-likeness (QED) is 0.437. The lowest BCUT2D eigenvalue weighted by molar-refractivity contribution is 0.495. The Hall–Kier alpha value is -1.77. The summed E-state index contributed by atoms with van der Waals surface area (Å²) >= 11 is 3.52. The van der Waals surface area contributed by atoms with Crippen molar-refractivity contribution in [3.8, 4) is 12.0 Å². The summed E-state index contributed by atoms with van der Waals surface area (Å²) in [4.78, 5) is 0. The zero-order chi connectivity index (χ0) is 18.6. The molecule has 2 rings (SSSR count). The number of anilines is 1. The normalized spacial score (nSPS) is 13.5. The van der Waals surface area contributed by atoms with Crippen molar-refractivity contribution in [2.24, 2.45) is 0 Å². The van der Waals surface area contributed by atoms with Crippen molar-refractivity contribution in [3.05, 3.63) is 64.1 Å². The number of nitrogen functional groups attached to an aromatic ring is 1. The summed E-state index contributed by atoms with van der Waals surface area (Å²) in [6.45, 7) is 7.58. The van der Waals surface area contributed by atoms with E-state index in [4.69, 9.17) is 5.73 Å². The molecule has 5 heteroatoms. The van der Waals surface area contributed by atoms with E-state index >= 15 is 0 Å². The van der Waals surface area contributed by atoms with Crippen molar-refractivity contribution in [2.75, 3.05) is 5.73 Å². The van der Waals surface area contributed by atoms with Gasteiger partial charge < -0.3 is 5.73 Å². The Morgan fingerprint density at radius 3 is 2.36 bits per heavy atom. The zero-order valence-corrected chi connectivity index (χ0v) is 17.3. The first-order valence-electron chi connectivity index (χ1n) is 7.99. The summed E-state index contributed by atoms with van der Waals surface area (Å²) in [5.74, 6) is 2.91. The van der Waals surface area contributed by atoms with Crippen LogP contribution in [0.1, 0.15) is 44.9 Å². The van der Waals surface area contributed by atoms with Crippen LogP contribution >= 0.6 is 15.9 Å². The molecule has 25 heavy (non-hydrogen) atoms. The molecular formula is C20H23BrN2OS. The van der Waals surface area contributed by atoms with Gasteiger partial charge in [-0.05, 0) is 51.5 Å². The predicted molar refractivity (Wildman–Crippen MR) is 110 cm³/mol. The highest BCUT2D eigenvalue weighted by molar-refractivity contribution is 9.10. The minimum atomic E-state index is -1.33. The molecule has 132 valence electrons. The summed E-state index contributed by atoms with van der Waals surface area (Å²) in [6.07, 6.45) is 0. The molecular weight excluding hydrogens is 396 g/mol. The highest BCUT2D eigenvalue weighted by atomic mass is 79.9. The van der Waals surface area contributed by atoms with Crippen LogP contribution < -0.4 is 5.73 Å². The van der Waals surface area contributed by atoms with Crippen LogP contribution in [0.3, 0.4) is 0 Å². The molecule has 2 unspecified atom stereocenters. The third kappa shape index (κ3) is 4.65. The van der Waals surface area contributed by atoms with Crippen LogP contribution in [0.5, 0.6) is 0 Å². The second-order valence-electron chi connectivity index (χ2n) is 6.64. The van der Waals surface area contributed by atoms with E-state index in [0.29, 0.717) is 5.69 Å². The van der Waals surface area contributed by atoms with Crippen molar-refractivity contribution in [2.45, 2.75) is 38.5 Å². The zero-order valence-electron chi connectivity index (χ0n) is 14.9. The monoisotopic (exact) mass is 418 g/mol. The van der Waals surface area contributed by atoms with Gasteiger partial charge in [0.05, 0.1) is 4.75 Å². The van der Waals surface area contributed by atoms with Gasteiger partial charge in [0.25, 0.3) is 0 Å². The fourth-order valence-electron chi connectivity index (χ4n) is 2.47. The average molecular weight is 419 g/mol. The van der Waals surface area contributed by atoms with E-state index in [1.54, 1.807) is 11.2 Å². The molecule has 0 radical (unpaired) electrons. The van der Waals surface area contributed by atoms with Crippen molar-refractivity contribution < 1.29 is 4.21 Å². The highest BCUT2D eigenvalue weighted by Crippen LogP contribution is 2.36. The van der Waals surface area contributed by atoms with Gasteiger partial charge in [-0.3, -0.25) is 0 Å². The molecule has 0 heterocycles. The second-order valence-corrected chi connectivity index (χ2v) is 9.67. The number of rotatable bonds is 4. The molecule has 2 N–H and O–H groups in total. The van der Waals surface area contributed by atoms with Gasteiger partial charge in [-0.25, -0.2) is 8.51 Å². The van der Waals surface area contributed by atoms with E-state index in [1.807, 2.05) is 69.3 Å². The van der Waals surface area contributed by atoms with Crippen LogP contribution in [0.15, 0.2) is 53.0 Å². The van der Waals surface area contributed by atoms with Crippen molar-refractivity contribution in [3.63, 3.8) is 0 Å². The van der Waals surface area contributed by atoms with Gasteiger partial charge >= 0.3 is 0 Å². The van der Waals surface area contributed by atoms with Gasteiger partial charge in [0.1, 0.15) is 17.0 Å². The van der Waals surface area contributed by atoms with Crippen LogP contribution in [0.2, 0.25) is 0 Å². The molecule has 0 aromatic heterocycles. The van der Waals surface area contributed by atoms with Crippen molar-refractivity contribution in [1.29, 1.82) is 0 Å². The maximum atomic E-state index is 13.2. The molecule has 2 atom stereocenters. The molecule has 0 aliphatic heterocycles. The number of nitrogens with zero attached hydrogens (tertiary/aromatic N) is 1. The van der Waals surface area contributed by atoms with Crippen LogP contribution in [-0.4, -0.2) is 13.3 Å². The first kappa shape index (κ1) is 19.6. The van der Waals surface area contributed by atoms with Gasteiger partial charge in [0.15, 0.2) is 0 Å². The third-order valence-electron chi connectivity index (χ3n) is 3.62. The maximum absolute atomic E-state index is 13.2. The third-order valence-corrected chi connectivity index (χ3v) is 5.82. The minimum absolute atomic E-state index is 0.328. The Balaban J connectivity index is 2.70. The summed E-state index contributed by atoms with van der Waals surface area (Å²) in [5, 5.41) is 0. The molecule has 0 saturated heterocycles.